The summed E-state index contributed by atoms with van der Waals surface area (Å²) < 4.78 is 0. The first-order chi connectivity index (χ1) is 10.0. The van der Waals surface area contributed by atoms with Gasteiger partial charge in [0.2, 0.25) is 5.91 Å². The molecule has 0 radical (unpaired) electrons. The van der Waals surface area contributed by atoms with Gasteiger partial charge in [0.25, 0.3) is 0 Å². The first-order valence-electron chi connectivity index (χ1n) is 7.74. The van der Waals surface area contributed by atoms with Crippen LogP contribution in [0.5, 0.6) is 0 Å². The van der Waals surface area contributed by atoms with E-state index in [2.05, 4.69) is 50.1 Å². The number of nitrogens with zero attached hydrogens (tertiary/aromatic N) is 2. The average Bonchev–Trinajstić information content (AvgIpc) is 3.02. The predicted octanol–water partition coefficient (Wildman–Crippen LogP) is 1.62. The van der Waals surface area contributed by atoms with Crippen LogP contribution in [0.2, 0.25) is 0 Å². The molecule has 1 aliphatic heterocycles. The molecule has 114 valence electrons. The zero-order valence-electron chi connectivity index (χ0n) is 13.0. The molecular weight excluding hydrogens is 264 g/mol. The van der Waals surface area contributed by atoms with Gasteiger partial charge in [0.1, 0.15) is 6.61 Å². The molecule has 1 amide bonds. The number of benzene rings is 1. The van der Waals surface area contributed by atoms with Gasteiger partial charge in [-0.05, 0) is 32.0 Å². The number of hydrogen-bond acceptors (Lipinski definition) is 3. The summed E-state index contributed by atoms with van der Waals surface area (Å²) in [5.41, 5.74) is 2.80. The van der Waals surface area contributed by atoms with Crippen molar-refractivity contribution in [1.82, 2.24) is 9.80 Å². The Bertz CT molecular complexity index is 543. The second kappa shape index (κ2) is 5.43. The van der Waals surface area contributed by atoms with Crippen molar-refractivity contribution in [3.05, 3.63) is 35.4 Å². The number of fused-ring (bicyclic) bond motifs is 3. The zero-order chi connectivity index (χ0) is 15.1. The third-order valence-electron chi connectivity index (χ3n) is 5.23. The Morgan fingerprint density at radius 3 is 2.62 bits per heavy atom. The van der Waals surface area contributed by atoms with Gasteiger partial charge in [0.15, 0.2) is 0 Å². The monoisotopic (exact) mass is 288 g/mol. The number of hydrogen-bond donors (Lipinski definition) is 1. The lowest BCUT2D eigenvalue weighted by atomic mass is 9.93. The van der Waals surface area contributed by atoms with E-state index in [1.807, 2.05) is 4.90 Å². The lowest BCUT2D eigenvalue weighted by Crippen LogP contribution is -2.37. The molecule has 0 aromatic heterocycles. The van der Waals surface area contributed by atoms with Gasteiger partial charge in [0, 0.05) is 37.0 Å². The number of carbonyl (C=O) groups excluding carboxylic acids is 1. The molecule has 21 heavy (non-hydrogen) atoms. The molecule has 2 aliphatic rings. The van der Waals surface area contributed by atoms with Crippen molar-refractivity contribution in [3.63, 3.8) is 0 Å². The number of rotatable bonds is 3. The molecule has 1 fully saturated rings. The van der Waals surface area contributed by atoms with E-state index in [4.69, 9.17) is 5.11 Å². The van der Waals surface area contributed by atoms with Crippen molar-refractivity contribution >= 4 is 5.91 Å². The van der Waals surface area contributed by atoms with Gasteiger partial charge in [-0.15, -0.1) is 0 Å². The Balaban J connectivity index is 1.95. The standard InChI is InChI=1S/C17H24N2O2/c1-11(2)18(3)17-13-7-5-4-6-12(13)14-8-19(9-15(14)17)16(21)10-20/h4-7,11,14-15,17,20H,8-10H2,1-3H3/t14-,15-,17-/m0/s1. The van der Waals surface area contributed by atoms with Crippen LogP contribution in [-0.2, 0) is 4.79 Å². The van der Waals surface area contributed by atoms with Crippen LogP contribution in [0.25, 0.3) is 0 Å². The fourth-order valence-corrected chi connectivity index (χ4v) is 3.97. The summed E-state index contributed by atoms with van der Waals surface area (Å²) in [5, 5.41) is 9.12. The fourth-order valence-electron chi connectivity index (χ4n) is 3.97. The molecule has 4 nitrogen and oxygen atoms in total. The highest BCUT2D eigenvalue weighted by atomic mass is 16.3. The van der Waals surface area contributed by atoms with Gasteiger partial charge in [-0.2, -0.15) is 0 Å². The van der Waals surface area contributed by atoms with Crippen LogP contribution >= 0.6 is 0 Å². The van der Waals surface area contributed by atoms with Crippen molar-refractivity contribution in [1.29, 1.82) is 0 Å². The molecule has 1 heterocycles. The van der Waals surface area contributed by atoms with E-state index in [0.717, 1.165) is 13.1 Å². The molecule has 0 spiro atoms. The molecule has 3 rings (SSSR count). The van der Waals surface area contributed by atoms with E-state index >= 15 is 0 Å². The van der Waals surface area contributed by atoms with Crippen LogP contribution in [0.1, 0.15) is 36.9 Å². The average molecular weight is 288 g/mol. The number of carbonyl (C=O) groups is 1. The van der Waals surface area contributed by atoms with Crippen LogP contribution in [0.4, 0.5) is 0 Å². The van der Waals surface area contributed by atoms with Gasteiger partial charge in [0.05, 0.1) is 0 Å². The summed E-state index contributed by atoms with van der Waals surface area (Å²) in [5.74, 6) is 0.695. The summed E-state index contributed by atoms with van der Waals surface area (Å²) in [6, 6.07) is 9.46. The molecule has 3 atom stereocenters. The van der Waals surface area contributed by atoms with Crippen LogP contribution in [0, 0.1) is 5.92 Å². The molecule has 4 heteroatoms. The van der Waals surface area contributed by atoms with Gasteiger partial charge in [-0.3, -0.25) is 9.69 Å². The molecule has 0 bridgehead atoms. The minimum atomic E-state index is -0.383. The van der Waals surface area contributed by atoms with Crippen molar-refractivity contribution in [3.8, 4) is 0 Å². The number of amides is 1. The summed E-state index contributed by atoms with van der Waals surface area (Å²) in [6.07, 6.45) is 0. The molecule has 1 aromatic carbocycles. The smallest absolute Gasteiger partial charge is 0.248 e. The predicted molar refractivity (Wildman–Crippen MR) is 82.0 cm³/mol. The lowest BCUT2D eigenvalue weighted by molar-refractivity contribution is -0.133. The maximum atomic E-state index is 11.8. The SMILES string of the molecule is CC(C)N(C)[C@H]1c2ccccc2[C@@H]2CN(C(=O)CO)C[C@@H]21. The topological polar surface area (TPSA) is 43.8 Å². The molecule has 1 aliphatic carbocycles. The van der Waals surface area contributed by atoms with Crippen LogP contribution < -0.4 is 0 Å². The highest BCUT2D eigenvalue weighted by molar-refractivity contribution is 5.77. The second-order valence-electron chi connectivity index (χ2n) is 6.56. The molecular formula is C17H24N2O2. The Morgan fingerprint density at radius 2 is 2.00 bits per heavy atom. The summed E-state index contributed by atoms with van der Waals surface area (Å²) in [6.45, 7) is 5.53. The molecule has 0 saturated carbocycles. The van der Waals surface area contributed by atoms with Gasteiger partial charge >= 0.3 is 0 Å². The van der Waals surface area contributed by atoms with E-state index in [-0.39, 0.29) is 12.5 Å². The van der Waals surface area contributed by atoms with Crippen molar-refractivity contribution in [2.75, 3.05) is 26.7 Å². The third kappa shape index (κ3) is 2.27. The second-order valence-corrected chi connectivity index (χ2v) is 6.56. The van der Waals surface area contributed by atoms with Crippen LogP contribution in [-0.4, -0.2) is 53.6 Å². The van der Waals surface area contributed by atoms with E-state index in [1.54, 1.807) is 0 Å². The molecule has 0 unspecified atom stereocenters. The van der Waals surface area contributed by atoms with E-state index in [9.17, 15) is 4.79 Å². The minimum absolute atomic E-state index is 0.146. The third-order valence-corrected chi connectivity index (χ3v) is 5.23. The molecule has 1 aromatic rings. The normalized spacial score (nSPS) is 27.3. The molecule has 1 N–H and O–H groups in total. The summed E-state index contributed by atoms with van der Waals surface area (Å²) >= 11 is 0. The van der Waals surface area contributed by atoms with E-state index < -0.39 is 0 Å². The minimum Gasteiger partial charge on any atom is -0.387 e. The van der Waals surface area contributed by atoms with E-state index in [0.29, 0.717) is 23.9 Å². The Morgan fingerprint density at radius 1 is 1.33 bits per heavy atom. The number of likely N-dealkylation sites (tertiary alicyclic amines) is 1. The summed E-state index contributed by atoms with van der Waals surface area (Å²) in [4.78, 5) is 16.1. The van der Waals surface area contributed by atoms with Gasteiger partial charge < -0.3 is 10.0 Å². The Kier molecular flexibility index (Phi) is 3.76. The van der Waals surface area contributed by atoms with Crippen molar-refractivity contribution in [2.24, 2.45) is 5.92 Å². The lowest BCUT2D eigenvalue weighted by Gasteiger charge is -2.33. The maximum absolute atomic E-state index is 11.8. The highest BCUT2D eigenvalue weighted by Crippen LogP contribution is 2.51. The van der Waals surface area contributed by atoms with Crippen molar-refractivity contribution < 1.29 is 9.90 Å². The Labute approximate surface area is 126 Å². The largest absolute Gasteiger partial charge is 0.387 e. The quantitative estimate of drug-likeness (QED) is 0.919. The fraction of sp³-hybridized carbons (Fsp3) is 0.588. The van der Waals surface area contributed by atoms with E-state index in [1.165, 1.54) is 11.1 Å². The zero-order valence-corrected chi connectivity index (χ0v) is 13.0. The maximum Gasteiger partial charge on any atom is 0.248 e. The van der Waals surface area contributed by atoms with Gasteiger partial charge in [-0.25, -0.2) is 0 Å². The first kappa shape index (κ1) is 14.5. The molecule has 1 saturated heterocycles. The Hall–Kier alpha value is -1.39. The first-order valence-corrected chi connectivity index (χ1v) is 7.74. The van der Waals surface area contributed by atoms with Crippen LogP contribution in [0.15, 0.2) is 24.3 Å². The highest BCUT2D eigenvalue weighted by Gasteiger charge is 2.48. The summed E-state index contributed by atoms with van der Waals surface area (Å²) in [7, 11) is 2.17. The van der Waals surface area contributed by atoms with Gasteiger partial charge in [-0.1, -0.05) is 24.3 Å². The van der Waals surface area contributed by atoms with Crippen LogP contribution in [0.3, 0.4) is 0 Å². The van der Waals surface area contributed by atoms with Crippen molar-refractivity contribution in [2.45, 2.75) is 31.8 Å². The number of aliphatic hydroxyl groups excluding tert-OH is 1. The number of aliphatic hydroxyl groups is 1.